The van der Waals surface area contributed by atoms with E-state index in [0.29, 0.717) is 23.1 Å². The lowest BCUT2D eigenvalue weighted by atomic mass is 10.1. The zero-order valence-corrected chi connectivity index (χ0v) is 11.3. The van der Waals surface area contributed by atoms with Gasteiger partial charge in [-0.15, -0.1) is 0 Å². The fraction of sp³-hybridized carbons (Fsp3) is 0.385. The summed E-state index contributed by atoms with van der Waals surface area (Å²) in [6.45, 7) is 2.60. The topological polar surface area (TPSA) is 72.6 Å². The van der Waals surface area contributed by atoms with Crippen LogP contribution in [0.3, 0.4) is 0 Å². The lowest BCUT2D eigenvalue weighted by molar-refractivity contribution is -0.123. The van der Waals surface area contributed by atoms with Crippen LogP contribution < -0.4 is 15.4 Å². The quantitative estimate of drug-likeness (QED) is 0.911. The van der Waals surface area contributed by atoms with Crippen LogP contribution >= 0.6 is 11.6 Å². The van der Waals surface area contributed by atoms with Gasteiger partial charge in [-0.3, -0.25) is 9.59 Å². The van der Waals surface area contributed by atoms with Crippen molar-refractivity contribution in [1.82, 2.24) is 0 Å². The molecule has 6 heteroatoms. The van der Waals surface area contributed by atoms with E-state index in [4.69, 9.17) is 22.1 Å². The first kappa shape index (κ1) is 13.7. The van der Waals surface area contributed by atoms with E-state index >= 15 is 0 Å². The number of nitrogens with zero attached hydrogens (tertiary/aromatic N) is 1. The van der Waals surface area contributed by atoms with Crippen LogP contribution in [0.15, 0.2) is 18.2 Å². The standard InChI is InChI=1S/C13H15ClN2O3/c1-2-19-11-6-9(14)3-4-10(11)16-7-8(13(15)18)5-12(16)17/h3-4,6,8H,2,5,7H2,1H3,(H2,15,18). The minimum Gasteiger partial charge on any atom is -0.492 e. The van der Waals surface area contributed by atoms with E-state index < -0.39 is 11.8 Å². The van der Waals surface area contributed by atoms with Gasteiger partial charge in [-0.1, -0.05) is 11.6 Å². The predicted molar refractivity (Wildman–Crippen MR) is 72.3 cm³/mol. The first-order valence-electron chi connectivity index (χ1n) is 6.05. The largest absolute Gasteiger partial charge is 0.492 e. The lowest BCUT2D eigenvalue weighted by Gasteiger charge is -2.20. The molecule has 0 saturated carbocycles. The molecule has 1 saturated heterocycles. The van der Waals surface area contributed by atoms with Gasteiger partial charge in [0.2, 0.25) is 11.8 Å². The second-order valence-electron chi connectivity index (χ2n) is 4.35. The van der Waals surface area contributed by atoms with Crippen molar-refractivity contribution < 1.29 is 14.3 Å². The van der Waals surface area contributed by atoms with Crippen LogP contribution in [0.25, 0.3) is 0 Å². The molecular weight excluding hydrogens is 268 g/mol. The number of nitrogens with two attached hydrogens (primary N) is 1. The van der Waals surface area contributed by atoms with Gasteiger partial charge in [0, 0.05) is 24.1 Å². The third-order valence-electron chi connectivity index (χ3n) is 3.04. The minimum absolute atomic E-state index is 0.132. The van der Waals surface area contributed by atoms with Gasteiger partial charge >= 0.3 is 0 Å². The molecule has 0 aliphatic carbocycles. The highest BCUT2D eigenvalue weighted by molar-refractivity contribution is 6.30. The molecule has 1 aliphatic heterocycles. The summed E-state index contributed by atoms with van der Waals surface area (Å²) in [4.78, 5) is 24.7. The molecule has 5 nitrogen and oxygen atoms in total. The van der Waals surface area contributed by atoms with Crippen LogP contribution in [0.2, 0.25) is 5.02 Å². The normalized spacial score (nSPS) is 18.7. The maximum Gasteiger partial charge on any atom is 0.227 e. The van der Waals surface area contributed by atoms with E-state index in [9.17, 15) is 9.59 Å². The number of primary amides is 1. The number of halogens is 1. The van der Waals surface area contributed by atoms with Crippen molar-refractivity contribution in [2.75, 3.05) is 18.1 Å². The van der Waals surface area contributed by atoms with E-state index in [1.54, 1.807) is 18.2 Å². The molecule has 1 atom stereocenters. The summed E-state index contributed by atoms with van der Waals surface area (Å²) in [5.74, 6) is -0.499. The Morgan fingerprint density at radius 3 is 2.89 bits per heavy atom. The number of carbonyl (C=O) groups excluding carboxylic acids is 2. The second-order valence-corrected chi connectivity index (χ2v) is 4.79. The third-order valence-corrected chi connectivity index (χ3v) is 3.27. The summed E-state index contributed by atoms with van der Waals surface area (Å²) in [5, 5.41) is 0.533. The second kappa shape index (κ2) is 5.48. The molecule has 19 heavy (non-hydrogen) atoms. The average Bonchev–Trinajstić information content (AvgIpc) is 2.72. The van der Waals surface area contributed by atoms with Crippen LogP contribution in [-0.2, 0) is 9.59 Å². The molecule has 0 radical (unpaired) electrons. The Kier molecular flexibility index (Phi) is 3.95. The van der Waals surface area contributed by atoms with E-state index in [0.717, 1.165) is 0 Å². The van der Waals surface area contributed by atoms with E-state index in [1.807, 2.05) is 6.92 Å². The highest BCUT2D eigenvalue weighted by Gasteiger charge is 2.35. The zero-order chi connectivity index (χ0) is 14.0. The van der Waals surface area contributed by atoms with Crippen molar-refractivity contribution in [3.8, 4) is 5.75 Å². The van der Waals surface area contributed by atoms with Gasteiger partial charge in [-0.05, 0) is 19.1 Å². The van der Waals surface area contributed by atoms with Gasteiger partial charge in [0.25, 0.3) is 0 Å². The fourth-order valence-electron chi connectivity index (χ4n) is 2.11. The van der Waals surface area contributed by atoms with Crippen LogP contribution in [-0.4, -0.2) is 25.0 Å². The number of benzene rings is 1. The monoisotopic (exact) mass is 282 g/mol. The average molecular weight is 283 g/mol. The van der Waals surface area contributed by atoms with E-state index in [-0.39, 0.29) is 18.9 Å². The Balaban J connectivity index is 2.31. The molecule has 0 bridgehead atoms. The molecule has 2 rings (SSSR count). The minimum atomic E-state index is -0.456. The number of amides is 2. The summed E-state index contributed by atoms with van der Waals surface area (Å²) in [6, 6.07) is 5.06. The Bertz CT molecular complexity index is 519. The lowest BCUT2D eigenvalue weighted by Crippen LogP contribution is -2.28. The molecule has 1 aliphatic rings. The molecule has 1 fully saturated rings. The number of ether oxygens (including phenoxy) is 1. The molecular formula is C13H15ClN2O3. The van der Waals surface area contributed by atoms with Crippen LogP contribution in [0, 0.1) is 5.92 Å². The summed E-state index contributed by atoms with van der Waals surface area (Å²) in [6.07, 6.45) is 0.142. The molecule has 0 spiro atoms. The maximum atomic E-state index is 12.0. The van der Waals surface area contributed by atoms with Gasteiger partial charge in [0.05, 0.1) is 18.2 Å². The number of hydrogen-bond donors (Lipinski definition) is 1. The summed E-state index contributed by atoms with van der Waals surface area (Å²) >= 11 is 5.92. The van der Waals surface area contributed by atoms with Crippen molar-refractivity contribution >= 4 is 29.1 Å². The zero-order valence-electron chi connectivity index (χ0n) is 10.6. The molecule has 1 heterocycles. The fourth-order valence-corrected chi connectivity index (χ4v) is 2.28. The molecule has 1 aromatic carbocycles. The number of carbonyl (C=O) groups is 2. The van der Waals surface area contributed by atoms with Gasteiger partial charge < -0.3 is 15.4 Å². The maximum absolute atomic E-state index is 12.0. The molecule has 102 valence electrons. The predicted octanol–water partition coefficient (Wildman–Crippen LogP) is 1.58. The summed E-state index contributed by atoms with van der Waals surface area (Å²) < 4.78 is 5.48. The Morgan fingerprint density at radius 2 is 2.32 bits per heavy atom. The molecule has 1 aromatic rings. The number of hydrogen-bond acceptors (Lipinski definition) is 3. The van der Waals surface area contributed by atoms with Gasteiger partial charge in [-0.2, -0.15) is 0 Å². The third kappa shape index (κ3) is 2.81. The van der Waals surface area contributed by atoms with Gasteiger partial charge in [0.15, 0.2) is 0 Å². The van der Waals surface area contributed by atoms with Crippen molar-refractivity contribution in [2.45, 2.75) is 13.3 Å². The first-order chi connectivity index (χ1) is 9.02. The Hall–Kier alpha value is -1.75. The smallest absolute Gasteiger partial charge is 0.227 e. The highest BCUT2D eigenvalue weighted by atomic mass is 35.5. The van der Waals surface area contributed by atoms with Crippen LogP contribution in [0.5, 0.6) is 5.75 Å². The van der Waals surface area contributed by atoms with Crippen LogP contribution in [0.4, 0.5) is 5.69 Å². The van der Waals surface area contributed by atoms with Crippen molar-refractivity contribution in [2.24, 2.45) is 11.7 Å². The summed E-state index contributed by atoms with van der Waals surface area (Å²) in [5.41, 5.74) is 5.88. The molecule has 1 unspecified atom stereocenters. The van der Waals surface area contributed by atoms with E-state index in [1.165, 1.54) is 4.90 Å². The van der Waals surface area contributed by atoms with Gasteiger partial charge in [0.1, 0.15) is 5.75 Å². The molecule has 0 aromatic heterocycles. The highest BCUT2D eigenvalue weighted by Crippen LogP contribution is 2.35. The molecule has 2 N–H and O–H groups in total. The first-order valence-corrected chi connectivity index (χ1v) is 6.42. The van der Waals surface area contributed by atoms with Crippen molar-refractivity contribution in [3.63, 3.8) is 0 Å². The summed E-state index contributed by atoms with van der Waals surface area (Å²) in [7, 11) is 0. The molecule has 2 amide bonds. The number of rotatable bonds is 4. The Labute approximate surface area is 116 Å². The van der Waals surface area contributed by atoms with Gasteiger partial charge in [-0.25, -0.2) is 0 Å². The number of anilines is 1. The van der Waals surface area contributed by atoms with Crippen molar-refractivity contribution in [3.05, 3.63) is 23.2 Å². The van der Waals surface area contributed by atoms with Crippen molar-refractivity contribution in [1.29, 1.82) is 0 Å². The SMILES string of the molecule is CCOc1cc(Cl)ccc1N1CC(C(N)=O)CC1=O. The van der Waals surface area contributed by atoms with Crippen LogP contribution in [0.1, 0.15) is 13.3 Å². The van der Waals surface area contributed by atoms with E-state index in [2.05, 4.69) is 0 Å². The Morgan fingerprint density at radius 1 is 1.58 bits per heavy atom.